The van der Waals surface area contributed by atoms with Crippen LogP contribution in [-0.2, 0) is 0 Å². The molecule has 0 radical (unpaired) electrons. The van der Waals surface area contributed by atoms with Crippen LogP contribution < -0.4 is 14.2 Å². The van der Waals surface area contributed by atoms with Gasteiger partial charge < -0.3 is 19.1 Å². The van der Waals surface area contributed by atoms with E-state index < -0.39 is 6.61 Å². The number of halogens is 2. The fourth-order valence-electron chi connectivity index (χ4n) is 5.00. The number of methoxy groups -OCH3 is 1. The monoisotopic (exact) mass is 513 g/mol. The Balaban J connectivity index is 1.39. The molecule has 3 aromatic rings. The van der Waals surface area contributed by atoms with Crippen LogP contribution in [0.3, 0.4) is 0 Å². The molecule has 7 nitrogen and oxygen atoms in total. The van der Waals surface area contributed by atoms with Crippen molar-refractivity contribution in [2.45, 2.75) is 52.2 Å². The highest BCUT2D eigenvalue weighted by Crippen LogP contribution is 2.40. The molecule has 1 atom stereocenters. The molecule has 3 heterocycles. The second kappa shape index (κ2) is 10.7. The second-order valence-electron chi connectivity index (χ2n) is 10.3. The van der Waals surface area contributed by atoms with Gasteiger partial charge in [0.1, 0.15) is 28.5 Å². The van der Waals surface area contributed by atoms with Gasteiger partial charge in [0.15, 0.2) is 5.78 Å². The first-order chi connectivity index (χ1) is 17.8. The predicted octanol–water partition coefficient (Wildman–Crippen LogP) is 5.70. The van der Waals surface area contributed by atoms with Gasteiger partial charge in [-0.25, -0.2) is 4.98 Å². The quantitative estimate of drug-likeness (QED) is 0.306. The molecule has 198 valence electrons. The zero-order valence-electron chi connectivity index (χ0n) is 21.5. The smallest absolute Gasteiger partial charge is 0.387 e. The molecule has 1 aromatic carbocycles. The largest absolute Gasteiger partial charge is 0.496 e. The summed E-state index contributed by atoms with van der Waals surface area (Å²) >= 11 is 0. The second-order valence-corrected chi connectivity index (χ2v) is 10.3. The van der Waals surface area contributed by atoms with Gasteiger partial charge in [-0.05, 0) is 63.8 Å². The van der Waals surface area contributed by atoms with Gasteiger partial charge in [0.2, 0.25) is 0 Å². The molecule has 0 bridgehead atoms. The summed E-state index contributed by atoms with van der Waals surface area (Å²) in [5, 5.41) is 0. The van der Waals surface area contributed by atoms with Crippen molar-refractivity contribution >= 4 is 11.4 Å². The van der Waals surface area contributed by atoms with E-state index in [0.29, 0.717) is 47.8 Å². The van der Waals surface area contributed by atoms with Gasteiger partial charge in [0, 0.05) is 42.8 Å². The molecular formula is C28H33F2N3O4. The van der Waals surface area contributed by atoms with Crippen molar-refractivity contribution in [2.75, 3.05) is 26.8 Å². The molecule has 0 spiro atoms. The summed E-state index contributed by atoms with van der Waals surface area (Å²) in [5.74, 6) is 1.30. The van der Waals surface area contributed by atoms with Crippen LogP contribution in [-0.4, -0.2) is 59.5 Å². The van der Waals surface area contributed by atoms with Gasteiger partial charge in [-0.3, -0.25) is 9.20 Å². The average molecular weight is 514 g/mol. The molecule has 2 aliphatic rings. The molecule has 2 aromatic heterocycles. The Hall–Kier alpha value is -3.20. The zero-order chi connectivity index (χ0) is 26.1. The van der Waals surface area contributed by atoms with Crippen molar-refractivity contribution in [1.29, 1.82) is 0 Å². The van der Waals surface area contributed by atoms with Gasteiger partial charge in [-0.2, -0.15) is 8.78 Å². The molecule has 5 rings (SSSR count). The van der Waals surface area contributed by atoms with E-state index in [1.165, 1.54) is 13.2 Å². The molecule has 0 N–H and O–H groups in total. The van der Waals surface area contributed by atoms with Gasteiger partial charge in [0.25, 0.3) is 0 Å². The first-order valence-electron chi connectivity index (χ1n) is 12.9. The number of nitrogens with zero attached hydrogens (tertiary/aromatic N) is 3. The Morgan fingerprint density at radius 2 is 1.92 bits per heavy atom. The number of pyridine rings is 1. The third-order valence-corrected chi connectivity index (χ3v) is 7.27. The van der Waals surface area contributed by atoms with Crippen molar-refractivity contribution in [3.8, 4) is 28.5 Å². The summed E-state index contributed by atoms with van der Waals surface area (Å²) < 4.78 is 44.7. The number of hydrogen-bond acceptors (Lipinski definition) is 6. The molecule has 0 unspecified atom stereocenters. The number of carbonyl (C=O) groups excluding carboxylic acids is 1. The highest BCUT2D eigenvalue weighted by Gasteiger charge is 2.30. The molecule has 2 fully saturated rings. The Labute approximate surface area is 215 Å². The van der Waals surface area contributed by atoms with Crippen LogP contribution in [0.15, 0.2) is 36.7 Å². The molecule has 0 amide bonds. The minimum absolute atomic E-state index is 0.0610. The number of alkyl halides is 2. The lowest BCUT2D eigenvalue weighted by molar-refractivity contribution is -0.0502. The van der Waals surface area contributed by atoms with Crippen LogP contribution >= 0.6 is 0 Å². The van der Waals surface area contributed by atoms with Crippen LogP contribution in [0.1, 0.15) is 49.9 Å². The molecule has 1 saturated heterocycles. The van der Waals surface area contributed by atoms with Crippen molar-refractivity contribution in [2.24, 2.45) is 11.8 Å². The van der Waals surface area contributed by atoms with E-state index in [9.17, 15) is 13.6 Å². The number of ketones is 1. The lowest BCUT2D eigenvalue weighted by Gasteiger charge is -2.20. The van der Waals surface area contributed by atoms with Crippen molar-refractivity contribution in [3.05, 3.63) is 42.2 Å². The Morgan fingerprint density at radius 3 is 2.59 bits per heavy atom. The predicted molar refractivity (Wildman–Crippen MR) is 136 cm³/mol. The molecule has 1 aliphatic heterocycles. The molecule has 1 saturated carbocycles. The number of imidazole rings is 1. The fraction of sp³-hybridized carbons (Fsp3) is 0.500. The van der Waals surface area contributed by atoms with Crippen molar-refractivity contribution in [1.82, 2.24) is 14.3 Å². The topological polar surface area (TPSA) is 65.3 Å². The van der Waals surface area contributed by atoms with Crippen LogP contribution in [0.2, 0.25) is 0 Å². The van der Waals surface area contributed by atoms with Gasteiger partial charge >= 0.3 is 6.61 Å². The van der Waals surface area contributed by atoms with Gasteiger partial charge in [-0.1, -0.05) is 0 Å². The Morgan fingerprint density at radius 1 is 1.14 bits per heavy atom. The van der Waals surface area contributed by atoms with Crippen molar-refractivity contribution in [3.63, 3.8) is 0 Å². The third-order valence-electron chi connectivity index (χ3n) is 7.27. The number of likely N-dealkylation sites (tertiary alicyclic amines) is 1. The first-order valence-corrected chi connectivity index (χ1v) is 12.9. The summed E-state index contributed by atoms with van der Waals surface area (Å²) in [5.41, 5.74) is 1.93. The van der Waals surface area contributed by atoms with Crippen molar-refractivity contribution < 1.29 is 27.8 Å². The normalized spacial score (nSPS) is 18.2. The number of carbonyl (C=O) groups is 1. The number of fused-ring (bicyclic) bond motifs is 1. The standard InChI is InChI=1S/C28H33F2N3O4/c1-17(2)32-8-6-19(15-32)16-36-21-7-9-33-22(14-31-26(33)13-21)20-11-24(35-3)27(23(34)10-18-4-5-18)25(12-20)37-28(29)30/h7,9,11-14,17-19,28H,4-6,8,10,15-16H2,1-3H3/t19-/m0/s1. The van der Waals surface area contributed by atoms with E-state index in [1.54, 1.807) is 12.3 Å². The van der Waals surface area contributed by atoms with E-state index in [1.807, 2.05) is 22.7 Å². The van der Waals surface area contributed by atoms with E-state index in [-0.39, 0.29) is 22.8 Å². The first kappa shape index (κ1) is 25.4. The summed E-state index contributed by atoms with van der Waals surface area (Å²) in [6.07, 6.45) is 6.86. The molecule has 1 aliphatic carbocycles. The zero-order valence-corrected chi connectivity index (χ0v) is 21.5. The van der Waals surface area contributed by atoms with E-state index in [4.69, 9.17) is 14.2 Å². The molecule has 9 heteroatoms. The minimum Gasteiger partial charge on any atom is -0.496 e. The highest BCUT2D eigenvalue weighted by atomic mass is 19.3. The highest BCUT2D eigenvalue weighted by molar-refractivity contribution is 6.02. The SMILES string of the molecule is COc1cc(-c2cnc3cc(OC[C@H]4CCN(C(C)C)C4)ccn23)cc(OC(F)F)c1C(=O)CC1CC1. The minimum atomic E-state index is -3.07. The maximum absolute atomic E-state index is 13.3. The van der Waals surface area contributed by atoms with E-state index in [0.717, 1.165) is 38.1 Å². The Kier molecular flexibility index (Phi) is 7.33. The lowest BCUT2D eigenvalue weighted by atomic mass is 10.00. The number of aromatic nitrogens is 2. The number of Topliss-reactive ketones (excluding diaryl/α,β-unsaturated/α-hetero) is 1. The van der Waals surface area contributed by atoms with Crippen LogP contribution in [0.4, 0.5) is 8.78 Å². The number of rotatable bonds is 11. The van der Waals surface area contributed by atoms with Crippen LogP contribution in [0, 0.1) is 11.8 Å². The molecular weight excluding hydrogens is 480 g/mol. The number of ether oxygens (including phenoxy) is 3. The average Bonchev–Trinajstić information content (AvgIpc) is 3.37. The lowest BCUT2D eigenvalue weighted by Crippen LogP contribution is -2.29. The van der Waals surface area contributed by atoms with Crippen LogP contribution in [0.5, 0.6) is 17.2 Å². The maximum atomic E-state index is 13.3. The number of hydrogen-bond donors (Lipinski definition) is 0. The summed E-state index contributed by atoms with van der Waals surface area (Å²) in [7, 11) is 1.42. The summed E-state index contributed by atoms with van der Waals surface area (Å²) in [6, 6.07) is 7.41. The third kappa shape index (κ3) is 5.71. The van der Waals surface area contributed by atoms with E-state index >= 15 is 0 Å². The van der Waals surface area contributed by atoms with Gasteiger partial charge in [0.05, 0.1) is 25.6 Å². The molecule has 37 heavy (non-hydrogen) atoms. The van der Waals surface area contributed by atoms with E-state index in [2.05, 4.69) is 23.7 Å². The fourth-order valence-corrected chi connectivity index (χ4v) is 5.00. The van der Waals surface area contributed by atoms with Crippen LogP contribution in [0.25, 0.3) is 16.9 Å². The Bertz CT molecular complexity index is 1270. The van der Waals surface area contributed by atoms with Gasteiger partial charge in [-0.15, -0.1) is 0 Å². The maximum Gasteiger partial charge on any atom is 0.387 e. The number of benzene rings is 1. The summed E-state index contributed by atoms with van der Waals surface area (Å²) in [4.78, 5) is 19.9. The summed E-state index contributed by atoms with van der Waals surface area (Å²) in [6.45, 7) is 4.14.